The number of carboxylic acids is 1. The molecule has 0 aromatic rings. The number of hydrogen-bond donors (Lipinski definition) is 2. The number of fused-ring (bicyclic) bond motifs is 7. The molecule has 1 heterocycles. The van der Waals surface area contributed by atoms with Crippen LogP contribution in [0.3, 0.4) is 0 Å². The van der Waals surface area contributed by atoms with Crippen molar-refractivity contribution in [2.45, 2.75) is 171 Å². The highest BCUT2D eigenvalue weighted by molar-refractivity contribution is 5.86. The zero-order chi connectivity index (χ0) is 41.4. The number of morpholine rings is 1. The summed E-state index contributed by atoms with van der Waals surface area (Å²) < 4.78 is 11.7. The lowest BCUT2D eigenvalue weighted by Gasteiger charge is -2.73. The molecule has 7 saturated carbocycles. The van der Waals surface area contributed by atoms with Crippen molar-refractivity contribution in [3.05, 3.63) is 0 Å². The molecule has 7 aliphatic carbocycles. The number of carbonyl (C=O) groups excluding carboxylic acids is 3. The fourth-order valence-electron chi connectivity index (χ4n) is 16.1. The van der Waals surface area contributed by atoms with Crippen molar-refractivity contribution >= 4 is 23.8 Å². The molecule has 1 saturated heterocycles. The van der Waals surface area contributed by atoms with Crippen LogP contribution in [0.5, 0.6) is 0 Å². The predicted octanol–water partition coefficient (Wildman–Crippen LogP) is 8.67. The number of nitrogens with zero attached hydrogens (tertiary/aromatic N) is 1. The van der Waals surface area contributed by atoms with E-state index in [1.54, 1.807) is 13.8 Å². The number of hydrogen-bond acceptors (Lipinski definition) is 6. The maximum atomic E-state index is 15.1. The minimum atomic E-state index is -1.15. The molecule has 0 spiro atoms. The Hall–Kier alpha value is -2.16. The van der Waals surface area contributed by atoms with Crippen molar-refractivity contribution in [1.82, 2.24) is 10.2 Å². The highest BCUT2D eigenvalue weighted by Gasteiger charge is 2.74. The van der Waals surface area contributed by atoms with Gasteiger partial charge in [0.1, 0.15) is 6.10 Å². The number of ether oxygens (including phenoxy) is 2. The van der Waals surface area contributed by atoms with Crippen LogP contribution < -0.4 is 5.32 Å². The Morgan fingerprint density at radius 2 is 1.44 bits per heavy atom. The summed E-state index contributed by atoms with van der Waals surface area (Å²) >= 11 is 0. The van der Waals surface area contributed by atoms with Gasteiger partial charge in [-0.1, -0.05) is 55.4 Å². The third kappa shape index (κ3) is 6.03. The summed E-state index contributed by atoms with van der Waals surface area (Å²) in [4.78, 5) is 55.7. The predicted molar refractivity (Wildman–Crippen MR) is 219 cm³/mol. The third-order valence-electron chi connectivity index (χ3n) is 20.4. The van der Waals surface area contributed by atoms with Crippen molar-refractivity contribution in [2.75, 3.05) is 26.3 Å². The number of nitrogens with one attached hydrogen (secondary N) is 1. The van der Waals surface area contributed by atoms with Crippen LogP contribution >= 0.6 is 0 Å². The first-order valence-corrected chi connectivity index (χ1v) is 23.1. The topological polar surface area (TPSA) is 122 Å². The highest BCUT2D eigenvalue weighted by Crippen LogP contribution is 2.79. The van der Waals surface area contributed by atoms with E-state index in [2.05, 4.69) is 60.7 Å². The van der Waals surface area contributed by atoms with Gasteiger partial charge >= 0.3 is 11.9 Å². The molecule has 9 nitrogen and oxygen atoms in total. The van der Waals surface area contributed by atoms with Gasteiger partial charge in [0.25, 0.3) is 0 Å². The van der Waals surface area contributed by atoms with E-state index in [1.165, 1.54) is 25.7 Å². The lowest BCUT2D eigenvalue weighted by atomic mass is 9.32. The van der Waals surface area contributed by atoms with E-state index in [9.17, 15) is 19.5 Å². The molecule has 8 rings (SSSR count). The summed E-state index contributed by atoms with van der Waals surface area (Å²) in [6.07, 6.45) is 13.6. The van der Waals surface area contributed by atoms with Gasteiger partial charge in [-0.25, -0.2) is 0 Å². The monoisotopic (exact) mass is 793 g/mol. The smallest absolute Gasteiger partial charge is 0.309 e. The number of carboxylic acid groups (broad SMARTS) is 1. The lowest BCUT2D eigenvalue weighted by molar-refractivity contribution is -0.251. The summed E-state index contributed by atoms with van der Waals surface area (Å²) in [7, 11) is 0. The van der Waals surface area contributed by atoms with E-state index in [1.807, 2.05) is 4.90 Å². The third-order valence-corrected chi connectivity index (χ3v) is 20.4. The van der Waals surface area contributed by atoms with Crippen molar-refractivity contribution in [1.29, 1.82) is 0 Å². The molecule has 57 heavy (non-hydrogen) atoms. The maximum Gasteiger partial charge on any atom is 0.309 e. The number of rotatable bonds is 8. The largest absolute Gasteiger partial charge is 0.481 e. The first kappa shape index (κ1) is 41.6. The second kappa shape index (κ2) is 13.4. The molecule has 1 aliphatic heterocycles. The van der Waals surface area contributed by atoms with Crippen molar-refractivity contribution < 1.29 is 33.8 Å². The first-order valence-electron chi connectivity index (χ1n) is 23.1. The molecule has 8 fully saturated rings. The van der Waals surface area contributed by atoms with Crippen LogP contribution in [0, 0.1) is 78.8 Å². The van der Waals surface area contributed by atoms with Gasteiger partial charge in [-0.05, 0) is 154 Å². The van der Waals surface area contributed by atoms with Crippen molar-refractivity contribution in [2.24, 2.45) is 78.8 Å². The van der Waals surface area contributed by atoms with Crippen LogP contribution in [0.15, 0.2) is 0 Å². The van der Waals surface area contributed by atoms with Crippen LogP contribution in [0.2, 0.25) is 0 Å². The van der Waals surface area contributed by atoms with Crippen molar-refractivity contribution in [3.63, 3.8) is 0 Å². The Morgan fingerprint density at radius 1 is 0.754 bits per heavy atom. The quantitative estimate of drug-likeness (QED) is 0.236. The molecule has 1 unspecified atom stereocenters. The van der Waals surface area contributed by atoms with Gasteiger partial charge in [-0.2, -0.15) is 0 Å². The molecule has 8 aliphatic rings. The highest BCUT2D eigenvalue weighted by atomic mass is 16.5. The molecular formula is C48H76N2O7. The van der Waals surface area contributed by atoms with Gasteiger partial charge < -0.3 is 24.8 Å². The summed E-state index contributed by atoms with van der Waals surface area (Å²) in [5.41, 5.74) is -1.24. The molecule has 0 aromatic carbocycles. The Kier molecular flexibility index (Phi) is 9.79. The summed E-state index contributed by atoms with van der Waals surface area (Å²) in [5.74, 6) is 1.53. The van der Waals surface area contributed by atoms with Gasteiger partial charge in [0, 0.05) is 30.5 Å². The number of esters is 1. The Morgan fingerprint density at radius 3 is 2.07 bits per heavy atom. The van der Waals surface area contributed by atoms with Gasteiger partial charge in [-0.15, -0.1) is 0 Å². The number of aliphatic carboxylic acids is 1. The molecule has 2 amide bonds. The molecule has 0 aromatic heterocycles. The van der Waals surface area contributed by atoms with E-state index >= 15 is 4.79 Å². The standard InChI is InChI=1S/C48H76N2O7/c1-41(2,40(54)55)28-36(51)57-35-15-16-45(8)32(43(35,5)6)14-17-47(10)33(45)12-11-30-37-29(44(7)19-20-44)13-18-48(37,22-21-46(30,47)9)39(53)49-34-27-31(42(34,3)4)38(52)50-23-25-56-26-24-50/h29-35,37H,11-28H2,1-10H3,(H,49,53)(H,54,55)/t29-,30-,31+,32+,33-,34+,35+,37?,45+,46-,47-,48+/m1/s1. The van der Waals surface area contributed by atoms with Gasteiger partial charge in [0.2, 0.25) is 11.8 Å². The van der Waals surface area contributed by atoms with Crippen molar-refractivity contribution in [3.8, 4) is 0 Å². The second-order valence-corrected chi connectivity index (χ2v) is 23.9. The van der Waals surface area contributed by atoms with Crippen LogP contribution in [0.25, 0.3) is 0 Å². The molecule has 320 valence electrons. The van der Waals surface area contributed by atoms with Crippen LogP contribution in [-0.2, 0) is 28.7 Å². The normalized spacial score (nSPS) is 45.2. The molecule has 12 atom stereocenters. The summed E-state index contributed by atoms with van der Waals surface area (Å²) in [6.45, 7) is 25.1. The summed E-state index contributed by atoms with van der Waals surface area (Å²) in [5, 5.41) is 13.3. The fourth-order valence-corrected chi connectivity index (χ4v) is 16.1. The molecular weight excluding hydrogens is 717 g/mol. The minimum Gasteiger partial charge on any atom is -0.481 e. The SMILES string of the molecule is CC(C)(CC(=O)O[C@H]1CC[C@]2(C)[C@H]3CC[C@@H]4C5[C@H](C6(C)CC6)CC[C@]5(C(=O)N[C@H]5C[C@@H](C(=O)N6CCOCC6)C5(C)C)CC[C@@]4(C)[C@]3(C)CC[C@H]2C1(C)C)C(=O)O. The van der Waals surface area contributed by atoms with Gasteiger partial charge in [0.05, 0.1) is 30.5 Å². The zero-order valence-electron chi connectivity index (χ0n) is 37.2. The van der Waals surface area contributed by atoms with E-state index in [0.717, 1.165) is 57.8 Å². The Labute approximate surface area is 343 Å². The Balaban J connectivity index is 1.02. The summed E-state index contributed by atoms with van der Waals surface area (Å²) in [6, 6.07) is 0.0174. The minimum absolute atomic E-state index is 0.0174. The van der Waals surface area contributed by atoms with Crippen LogP contribution in [0.1, 0.15) is 159 Å². The fraction of sp³-hybridized carbons (Fsp3) is 0.917. The van der Waals surface area contributed by atoms with Gasteiger partial charge in [-0.3, -0.25) is 19.2 Å². The zero-order valence-corrected chi connectivity index (χ0v) is 37.2. The van der Waals surface area contributed by atoms with E-state index in [0.29, 0.717) is 67.2 Å². The first-order chi connectivity index (χ1) is 26.5. The van der Waals surface area contributed by atoms with E-state index in [-0.39, 0.29) is 62.9 Å². The molecule has 0 bridgehead atoms. The molecule has 0 radical (unpaired) electrons. The molecule has 9 heteroatoms. The second-order valence-electron chi connectivity index (χ2n) is 23.9. The number of amides is 2. The maximum absolute atomic E-state index is 15.1. The van der Waals surface area contributed by atoms with E-state index < -0.39 is 17.4 Å². The average Bonchev–Trinajstić information content (AvgIpc) is 3.75. The van der Waals surface area contributed by atoms with Crippen LogP contribution in [0.4, 0.5) is 0 Å². The van der Waals surface area contributed by atoms with Gasteiger partial charge in [0.15, 0.2) is 0 Å². The average molecular weight is 793 g/mol. The van der Waals surface area contributed by atoms with E-state index in [4.69, 9.17) is 9.47 Å². The lowest BCUT2D eigenvalue weighted by Crippen LogP contribution is -2.69. The number of carbonyl (C=O) groups is 4. The molecule has 2 N–H and O–H groups in total. The van der Waals surface area contributed by atoms with Crippen LogP contribution in [-0.4, -0.2) is 72.2 Å². The Bertz CT molecular complexity index is 1660.